The first-order valence-electron chi connectivity index (χ1n) is 8.17. The molecule has 0 amide bonds. The highest BCUT2D eigenvalue weighted by Crippen LogP contribution is 2.26. The molecule has 0 saturated heterocycles. The standard InChI is InChI=1S/C19H16N4O5/c1-12-10-13(19(24)27-2)5-7-15(12)17-8-6-14(28-17)11-21-22-18-16(23(25)26)4-3-9-20-18/h3-11H,1-2H3,(H,20,22)/b21-11-. The van der Waals surface area contributed by atoms with Crippen LogP contribution in [0.2, 0.25) is 0 Å². The molecular weight excluding hydrogens is 364 g/mol. The molecule has 0 atom stereocenters. The lowest BCUT2D eigenvalue weighted by Crippen LogP contribution is -2.01. The number of hydrogen-bond donors (Lipinski definition) is 1. The monoisotopic (exact) mass is 380 g/mol. The van der Waals surface area contributed by atoms with E-state index in [4.69, 9.17) is 9.15 Å². The summed E-state index contributed by atoms with van der Waals surface area (Å²) in [4.78, 5) is 25.9. The molecule has 142 valence electrons. The number of aromatic nitrogens is 1. The van der Waals surface area contributed by atoms with Crippen molar-refractivity contribution < 1.29 is 18.9 Å². The van der Waals surface area contributed by atoms with Crippen molar-refractivity contribution in [3.63, 3.8) is 0 Å². The second kappa shape index (κ2) is 8.12. The van der Waals surface area contributed by atoms with Crippen molar-refractivity contribution in [2.75, 3.05) is 12.5 Å². The normalized spacial score (nSPS) is 10.8. The number of furan rings is 1. The summed E-state index contributed by atoms with van der Waals surface area (Å²) < 4.78 is 10.4. The molecule has 0 unspecified atom stereocenters. The van der Waals surface area contributed by atoms with Crippen molar-refractivity contribution >= 4 is 23.7 Å². The lowest BCUT2D eigenvalue weighted by atomic mass is 10.0. The highest BCUT2D eigenvalue weighted by Gasteiger charge is 2.13. The van der Waals surface area contributed by atoms with Crippen LogP contribution >= 0.6 is 0 Å². The Balaban J connectivity index is 1.75. The van der Waals surface area contributed by atoms with Gasteiger partial charge in [0.15, 0.2) is 0 Å². The molecular formula is C19H16N4O5. The van der Waals surface area contributed by atoms with Crippen molar-refractivity contribution in [3.05, 3.63) is 75.7 Å². The lowest BCUT2D eigenvalue weighted by Gasteiger charge is -2.05. The maximum atomic E-state index is 11.6. The molecule has 0 aliphatic heterocycles. The summed E-state index contributed by atoms with van der Waals surface area (Å²) in [7, 11) is 1.33. The quantitative estimate of drug-likeness (QED) is 0.299. The van der Waals surface area contributed by atoms with Gasteiger partial charge in [-0.1, -0.05) is 6.07 Å². The number of carbonyl (C=O) groups is 1. The van der Waals surface area contributed by atoms with Gasteiger partial charge in [0.25, 0.3) is 0 Å². The second-order valence-corrected chi connectivity index (χ2v) is 5.72. The fourth-order valence-electron chi connectivity index (χ4n) is 2.54. The third-order valence-electron chi connectivity index (χ3n) is 3.89. The molecule has 2 heterocycles. The molecule has 0 spiro atoms. The number of benzene rings is 1. The first-order valence-corrected chi connectivity index (χ1v) is 8.17. The van der Waals surface area contributed by atoms with Crippen LogP contribution in [-0.2, 0) is 4.74 Å². The number of pyridine rings is 1. The highest BCUT2D eigenvalue weighted by molar-refractivity contribution is 5.90. The van der Waals surface area contributed by atoms with Crippen LogP contribution in [0.1, 0.15) is 21.7 Å². The fourth-order valence-corrected chi connectivity index (χ4v) is 2.54. The van der Waals surface area contributed by atoms with Gasteiger partial charge in [-0.3, -0.25) is 15.5 Å². The largest absolute Gasteiger partial charge is 0.465 e. The Kier molecular flexibility index (Phi) is 5.45. The van der Waals surface area contributed by atoms with E-state index in [1.165, 1.54) is 31.7 Å². The predicted octanol–water partition coefficient (Wildman–Crippen LogP) is 3.79. The number of nitro groups is 1. The first-order chi connectivity index (χ1) is 13.5. The van der Waals surface area contributed by atoms with Gasteiger partial charge in [-0.05, 0) is 42.8 Å². The van der Waals surface area contributed by atoms with E-state index in [-0.39, 0.29) is 11.5 Å². The number of rotatable bonds is 6. The van der Waals surface area contributed by atoms with E-state index in [0.717, 1.165) is 11.1 Å². The van der Waals surface area contributed by atoms with Gasteiger partial charge in [0.05, 0.1) is 23.8 Å². The molecule has 1 aromatic carbocycles. The number of nitrogens with zero attached hydrogens (tertiary/aromatic N) is 3. The molecule has 0 aliphatic rings. The summed E-state index contributed by atoms with van der Waals surface area (Å²) in [6, 6.07) is 11.4. The number of nitrogens with one attached hydrogen (secondary N) is 1. The number of carbonyl (C=O) groups excluding carboxylic acids is 1. The summed E-state index contributed by atoms with van der Waals surface area (Å²) in [6.07, 6.45) is 2.82. The summed E-state index contributed by atoms with van der Waals surface area (Å²) in [5, 5.41) is 14.9. The highest BCUT2D eigenvalue weighted by atomic mass is 16.6. The molecule has 3 aromatic rings. The molecule has 0 aliphatic carbocycles. The van der Waals surface area contributed by atoms with Gasteiger partial charge in [0, 0.05) is 17.8 Å². The number of hydrazone groups is 1. The van der Waals surface area contributed by atoms with Gasteiger partial charge < -0.3 is 9.15 Å². The predicted molar refractivity (Wildman–Crippen MR) is 102 cm³/mol. The van der Waals surface area contributed by atoms with E-state index in [1.807, 2.05) is 6.92 Å². The molecule has 0 radical (unpaired) electrons. The van der Waals surface area contributed by atoms with Crippen molar-refractivity contribution in [3.8, 4) is 11.3 Å². The zero-order valence-electron chi connectivity index (χ0n) is 15.1. The number of ether oxygens (including phenoxy) is 1. The van der Waals surface area contributed by atoms with E-state index >= 15 is 0 Å². The Morgan fingerprint density at radius 3 is 2.86 bits per heavy atom. The maximum Gasteiger partial charge on any atom is 0.337 e. The fraction of sp³-hybridized carbons (Fsp3) is 0.105. The average Bonchev–Trinajstić information content (AvgIpc) is 3.16. The van der Waals surface area contributed by atoms with Crippen LogP contribution < -0.4 is 5.43 Å². The van der Waals surface area contributed by atoms with Crippen molar-refractivity contribution in [2.45, 2.75) is 6.92 Å². The minimum atomic E-state index is -0.545. The van der Waals surface area contributed by atoms with Gasteiger partial charge in [-0.15, -0.1) is 0 Å². The molecule has 2 aromatic heterocycles. The Morgan fingerprint density at radius 1 is 1.32 bits per heavy atom. The molecule has 0 saturated carbocycles. The zero-order valence-corrected chi connectivity index (χ0v) is 15.1. The van der Waals surface area contributed by atoms with Crippen molar-refractivity contribution in [1.82, 2.24) is 4.98 Å². The Morgan fingerprint density at radius 2 is 2.14 bits per heavy atom. The summed E-state index contributed by atoms with van der Waals surface area (Å²) in [5.74, 6) is 0.665. The number of esters is 1. The summed E-state index contributed by atoms with van der Waals surface area (Å²) >= 11 is 0. The van der Waals surface area contributed by atoms with Crippen LogP contribution in [-0.4, -0.2) is 29.2 Å². The van der Waals surface area contributed by atoms with Crippen LogP contribution in [0.4, 0.5) is 11.5 Å². The van der Waals surface area contributed by atoms with Crippen LogP contribution in [0.3, 0.4) is 0 Å². The Labute approximate surface area is 159 Å². The zero-order chi connectivity index (χ0) is 20.1. The van der Waals surface area contributed by atoms with E-state index in [1.54, 1.807) is 30.3 Å². The van der Waals surface area contributed by atoms with E-state index in [9.17, 15) is 14.9 Å². The molecule has 1 N–H and O–H groups in total. The van der Waals surface area contributed by atoms with Crippen LogP contribution in [0.15, 0.2) is 58.2 Å². The number of aryl methyl sites for hydroxylation is 1. The minimum Gasteiger partial charge on any atom is -0.465 e. The number of anilines is 1. The first kappa shape index (κ1) is 18.8. The Hall–Kier alpha value is -4.01. The minimum absolute atomic E-state index is 0.0322. The average molecular weight is 380 g/mol. The molecule has 0 fully saturated rings. The van der Waals surface area contributed by atoms with Crippen LogP contribution in [0.5, 0.6) is 0 Å². The SMILES string of the molecule is COC(=O)c1ccc(-c2ccc(/C=N\Nc3ncccc3[N+](=O)[O-])o2)c(C)c1. The molecule has 0 bridgehead atoms. The molecule has 9 heteroatoms. The summed E-state index contributed by atoms with van der Waals surface area (Å²) in [6.45, 7) is 1.86. The molecule has 9 nitrogen and oxygen atoms in total. The topological polar surface area (TPSA) is 120 Å². The van der Waals surface area contributed by atoms with E-state index < -0.39 is 10.9 Å². The Bertz CT molecular complexity index is 1060. The van der Waals surface area contributed by atoms with Gasteiger partial charge in [0.2, 0.25) is 5.82 Å². The molecule has 3 rings (SSSR count). The number of hydrogen-bond acceptors (Lipinski definition) is 8. The van der Waals surface area contributed by atoms with E-state index in [0.29, 0.717) is 17.1 Å². The maximum absolute atomic E-state index is 11.6. The van der Waals surface area contributed by atoms with Crippen LogP contribution in [0.25, 0.3) is 11.3 Å². The second-order valence-electron chi connectivity index (χ2n) is 5.72. The van der Waals surface area contributed by atoms with Crippen LogP contribution in [0, 0.1) is 17.0 Å². The van der Waals surface area contributed by atoms with Gasteiger partial charge in [-0.2, -0.15) is 5.10 Å². The lowest BCUT2D eigenvalue weighted by molar-refractivity contribution is -0.384. The summed E-state index contributed by atoms with van der Waals surface area (Å²) in [5.41, 5.74) is 4.48. The van der Waals surface area contributed by atoms with Gasteiger partial charge in [-0.25, -0.2) is 9.78 Å². The smallest absolute Gasteiger partial charge is 0.337 e. The van der Waals surface area contributed by atoms with Gasteiger partial charge >= 0.3 is 11.7 Å². The number of methoxy groups -OCH3 is 1. The van der Waals surface area contributed by atoms with Gasteiger partial charge in [0.1, 0.15) is 11.5 Å². The van der Waals surface area contributed by atoms with E-state index in [2.05, 4.69) is 15.5 Å². The third kappa shape index (κ3) is 4.04. The molecule has 28 heavy (non-hydrogen) atoms. The third-order valence-corrected chi connectivity index (χ3v) is 3.89. The van der Waals surface area contributed by atoms with Crippen molar-refractivity contribution in [2.24, 2.45) is 5.10 Å². The van der Waals surface area contributed by atoms with Crippen molar-refractivity contribution in [1.29, 1.82) is 0 Å².